The Labute approximate surface area is 253 Å². The van der Waals surface area contributed by atoms with Gasteiger partial charge >= 0.3 is 5.69 Å². The first-order valence-electron chi connectivity index (χ1n) is 13.4. The minimum Gasteiger partial charge on any atom is -0.404 e. The number of anilines is 1. The number of carbonyl (C=O) groups is 1. The van der Waals surface area contributed by atoms with Crippen LogP contribution in [0.2, 0.25) is 5.04 Å². The van der Waals surface area contributed by atoms with Crippen LogP contribution >= 0.6 is 27.7 Å². The summed E-state index contributed by atoms with van der Waals surface area (Å²) >= 11 is 5.07. The minimum absolute atomic E-state index is 0.149. The number of thioether (sulfide) groups is 1. The van der Waals surface area contributed by atoms with Crippen LogP contribution in [-0.2, 0) is 9.16 Å². The summed E-state index contributed by atoms with van der Waals surface area (Å²) in [5.41, 5.74) is -0.287. The van der Waals surface area contributed by atoms with E-state index in [-0.39, 0.29) is 22.2 Å². The average Bonchev–Trinajstić information content (AvgIpc) is 3.45. The molecule has 1 aliphatic rings. The standard InChI is InChI=1S/C31H32BrN3O4SSi/c1-31(2,3)41(23-15-9-5-10-16-23,24-17-11-6-12-18-24)38-20-27-39-26(21-40-27)35-19-25(32)28(34-30(35)37)33-29(36)22-13-7-4-8-14-22/h4-19,26-27H,20-21H2,1-3H3,(H,33,34,36,37)/t26-,27-/m1/s1. The van der Waals surface area contributed by atoms with E-state index in [4.69, 9.17) is 9.16 Å². The topological polar surface area (TPSA) is 82.4 Å². The van der Waals surface area contributed by atoms with Crippen LogP contribution in [0.1, 0.15) is 37.4 Å². The summed E-state index contributed by atoms with van der Waals surface area (Å²) in [6.07, 6.45) is 1.11. The van der Waals surface area contributed by atoms with E-state index in [0.717, 1.165) is 0 Å². The zero-order valence-electron chi connectivity index (χ0n) is 23.1. The van der Waals surface area contributed by atoms with Gasteiger partial charge in [0.15, 0.2) is 5.82 Å². The number of ether oxygens (including phenoxy) is 1. The second-order valence-electron chi connectivity index (χ2n) is 10.8. The molecule has 0 unspecified atom stereocenters. The van der Waals surface area contributed by atoms with Crippen molar-refractivity contribution in [3.8, 4) is 0 Å². The van der Waals surface area contributed by atoms with E-state index < -0.39 is 20.2 Å². The fourth-order valence-corrected chi connectivity index (χ4v) is 11.2. The highest BCUT2D eigenvalue weighted by atomic mass is 79.9. The van der Waals surface area contributed by atoms with Gasteiger partial charge in [-0.15, -0.1) is 11.8 Å². The second kappa shape index (κ2) is 12.5. The van der Waals surface area contributed by atoms with Crippen LogP contribution < -0.4 is 21.4 Å². The summed E-state index contributed by atoms with van der Waals surface area (Å²) in [5, 5.41) is 4.96. The van der Waals surface area contributed by atoms with Crippen molar-refractivity contribution < 1.29 is 14.0 Å². The van der Waals surface area contributed by atoms with Gasteiger partial charge in [-0.25, -0.2) is 4.79 Å². The molecule has 7 nitrogen and oxygen atoms in total. The van der Waals surface area contributed by atoms with Crippen molar-refractivity contribution in [3.63, 3.8) is 0 Å². The van der Waals surface area contributed by atoms with Crippen molar-refractivity contribution in [3.05, 3.63) is 118 Å². The van der Waals surface area contributed by atoms with Crippen molar-refractivity contribution in [2.75, 3.05) is 17.7 Å². The molecule has 1 N–H and O–H groups in total. The van der Waals surface area contributed by atoms with Gasteiger partial charge in [-0.1, -0.05) is 99.6 Å². The molecule has 4 aromatic rings. The van der Waals surface area contributed by atoms with Crippen molar-refractivity contribution in [2.45, 2.75) is 37.5 Å². The molecular weight excluding hydrogens is 618 g/mol. The molecule has 3 aromatic carbocycles. The highest BCUT2D eigenvalue weighted by Crippen LogP contribution is 2.39. The van der Waals surface area contributed by atoms with Gasteiger partial charge in [0, 0.05) is 17.5 Å². The number of hydrogen-bond acceptors (Lipinski definition) is 6. The van der Waals surface area contributed by atoms with Crippen LogP contribution in [0.5, 0.6) is 0 Å². The van der Waals surface area contributed by atoms with Gasteiger partial charge in [-0.3, -0.25) is 9.36 Å². The van der Waals surface area contributed by atoms with E-state index in [1.165, 1.54) is 14.9 Å². The third-order valence-corrected chi connectivity index (χ3v) is 13.8. The van der Waals surface area contributed by atoms with Gasteiger partial charge in [0.25, 0.3) is 14.2 Å². The van der Waals surface area contributed by atoms with E-state index in [1.54, 1.807) is 42.2 Å². The maximum Gasteiger partial charge on any atom is 0.351 e. The number of carbonyl (C=O) groups excluding carboxylic acids is 1. The molecule has 2 atom stereocenters. The molecule has 1 amide bonds. The Morgan fingerprint density at radius 2 is 1.59 bits per heavy atom. The van der Waals surface area contributed by atoms with E-state index >= 15 is 0 Å². The fraction of sp³-hybridized carbons (Fsp3) is 0.258. The van der Waals surface area contributed by atoms with Crippen LogP contribution in [0.4, 0.5) is 5.82 Å². The third kappa shape index (κ3) is 6.26. The summed E-state index contributed by atoms with van der Waals surface area (Å²) in [5.74, 6) is 0.389. The number of aromatic nitrogens is 2. The Balaban J connectivity index is 1.33. The smallest absolute Gasteiger partial charge is 0.351 e. The minimum atomic E-state index is -2.71. The van der Waals surface area contributed by atoms with Crippen molar-refractivity contribution in [1.29, 1.82) is 0 Å². The normalized spacial score (nSPS) is 17.4. The van der Waals surface area contributed by atoms with Gasteiger partial charge in [-0.2, -0.15) is 4.98 Å². The molecule has 0 bridgehead atoms. The Bertz CT molecular complexity index is 1510. The van der Waals surface area contributed by atoms with Crippen molar-refractivity contribution in [2.24, 2.45) is 0 Å². The maximum atomic E-state index is 13.0. The quantitative estimate of drug-likeness (QED) is 0.257. The molecule has 0 radical (unpaired) electrons. The first-order chi connectivity index (χ1) is 19.7. The number of amides is 1. The molecular formula is C31H32BrN3O4SSi. The zero-order chi connectivity index (χ0) is 29.0. The Morgan fingerprint density at radius 3 is 2.15 bits per heavy atom. The Morgan fingerprint density at radius 1 is 1.02 bits per heavy atom. The molecule has 1 fully saturated rings. The number of halogens is 1. The monoisotopic (exact) mass is 649 g/mol. The molecule has 0 saturated carbocycles. The lowest BCUT2D eigenvalue weighted by Crippen LogP contribution is -2.67. The Kier molecular flexibility index (Phi) is 8.96. The van der Waals surface area contributed by atoms with Crippen LogP contribution in [0.3, 0.4) is 0 Å². The lowest BCUT2D eigenvalue weighted by molar-refractivity contribution is -0.00359. The van der Waals surface area contributed by atoms with E-state index in [1.807, 2.05) is 18.2 Å². The molecule has 41 heavy (non-hydrogen) atoms. The predicted molar refractivity (Wildman–Crippen MR) is 171 cm³/mol. The zero-order valence-corrected chi connectivity index (χ0v) is 26.5. The lowest BCUT2D eigenvalue weighted by atomic mass is 10.2. The average molecular weight is 651 g/mol. The summed E-state index contributed by atoms with van der Waals surface area (Å²) in [4.78, 5) is 29.7. The molecule has 1 aliphatic heterocycles. The number of nitrogens with zero attached hydrogens (tertiary/aromatic N) is 2. The number of hydrogen-bond donors (Lipinski definition) is 1. The molecule has 5 rings (SSSR count). The Hall–Kier alpha value is -3.02. The van der Waals surface area contributed by atoms with Gasteiger partial charge in [-0.05, 0) is 43.5 Å². The maximum absolute atomic E-state index is 13.0. The summed E-state index contributed by atoms with van der Waals surface area (Å²) in [7, 11) is -2.71. The highest BCUT2D eigenvalue weighted by Gasteiger charge is 2.50. The van der Waals surface area contributed by atoms with Gasteiger partial charge in [0.05, 0.1) is 11.1 Å². The fourth-order valence-electron chi connectivity index (χ4n) is 5.14. The van der Waals surface area contributed by atoms with E-state index in [9.17, 15) is 9.59 Å². The number of nitrogens with one attached hydrogen (secondary N) is 1. The SMILES string of the molecule is CC(C)(C)[Si](OC[C@@H]1O[C@@H](n2cc(Br)c(NC(=O)c3ccccc3)nc2=O)CS1)(c1ccccc1)c1ccccc1. The third-order valence-electron chi connectivity index (χ3n) is 7.07. The van der Waals surface area contributed by atoms with Gasteiger partial charge in [0.1, 0.15) is 11.7 Å². The number of benzene rings is 3. The first-order valence-corrected chi connectivity index (χ1v) is 17.1. The van der Waals surface area contributed by atoms with E-state index in [0.29, 0.717) is 22.4 Å². The van der Waals surface area contributed by atoms with Crippen LogP contribution in [0.15, 0.2) is 106 Å². The first kappa shape index (κ1) is 29.5. The summed E-state index contributed by atoms with van der Waals surface area (Å²) in [6, 6.07) is 29.7. The lowest BCUT2D eigenvalue weighted by Gasteiger charge is -2.43. The largest absolute Gasteiger partial charge is 0.404 e. The second-order valence-corrected chi connectivity index (χ2v) is 17.1. The van der Waals surface area contributed by atoms with E-state index in [2.05, 4.69) is 95.5 Å². The molecule has 10 heteroatoms. The summed E-state index contributed by atoms with van der Waals surface area (Å²) < 4.78 is 15.3. The number of rotatable bonds is 8. The van der Waals surface area contributed by atoms with Crippen LogP contribution in [-0.4, -0.2) is 41.6 Å². The molecule has 0 spiro atoms. The predicted octanol–water partition coefficient (Wildman–Crippen LogP) is 5.42. The molecule has 0 aliphatic carbocycles. The van der Waals surface area contributed by atoms with Gasteiger partial charge in [0.2, 0.25) is 0 Å². The molecule has 1 aromatic heterocycles. The van der Waals surface area contributed by atoms with Crippen LogP contribution in [0, 0.1) is 0 Å². The summed E-state index contributed by atoms with van der Waals surface area (Å²) in [6.45, 7) is 7.10. The molecule has 1 saturated heterocycles. The highest BCUT2D eigenvalue weighted by molar-refractivity contribution is 9.10. The van der Waals surface area contributed by atoms with Crippen molar-refractivity contribution in [1.82, 2.24) is 9.55 Å². The van der Waals surface area contributed by atoms with Crippen LogP contribution in [0.25, 0.3) is 0 Å². The van der Waals surface area contributed by atoms with Gasteiger partial charge < -0.3 is 14.5 Å². The van der Waals surface area contributed by atoms with Crippen molar-refractivity contribution >= 4 is 58.1 Å². The molecule has 212 valence electrons. The molecule has 2 heterocycles.